The van der Waals surface area contributed by atoms with Crippen LogP contribution in [0.3, 0.4) is 0 Å². The van der Waals surface area contributed by atoms with Gasteiger partial charge >= 0.3 is 0 Å². The number of benzene rings is 14. The topological polar surface area (TPSA) is 32.8 Å². The summed E-state index contributed by atoms with van der Waals surface area (Å²) in [6, 6.07) is 111. The SMILES string of the molecule is c1ccc2c(c1)-c1ccccc1C21c2c(cccc2N(c2ccc(-c3cccc4c3oc3ccccc34)cc2)c2cccc3ccccc23)-c2cccc(N(c3ccc(-c4cccc5c4oc4ccccc45)cc3)c3cccc4ccccc34)c21. The summed E-state index contributed by atoms with van der Waals surface area (Å²) in [5, 5.41) is 9.15. The maximum absolute atomic E-state index is 6.63. The van der Waals surface area contributed by atoms with E-state index in [-0.39, 0.29) is 0 Å². The van der Waals surface area contributed by atoms with E-state index in [2.05, 4.69) is 301 Å². The Morgan fingerprint density at radius 1 is 0.235 bits per heavy atom. The summed E-state index contributed by atoms with van der Waals surface area (Å²) >= 11 is 0. The van der Waals surface area contributed by atoms with Crippen LogP contribution in [0.2, 0.25) is 0 Å². The van der Waals surface area contributed by atoms with E-state index in [0.29, 0.717) is 0 Å². The van der Waals surface area contributed by atoms with Crippen molar-refractivity contribution in [2.75, 3.05) is 9.80 Å². The van der Waals surface area contributed by atoms with Gasteiger partial charge in [0.1, 0.15) is 22.3 Å². The highest BCUT2D eigenvalue weighted by molar-refractivity contribution is 6.12. The Bertz CT molecular complexity index is 5050. The van der Waals surface area contributed by atoms with Crippen LogP contribution in [0.15, 0.2) is 312 Å². The van der Waals surface area contributed by atoms with Crippen molar-refractivity contribution >= 4 is 99.5 Å². The van der Waals surface area contributed by atoms with Crippen molar-refractivity contribution in [3.05, 3.63) is 326 Å². The van der Waals surface area contributed by atoms with Crippen LogP contribution >= 0.6 is 0 Å². The minimum Gasteiger partial charge on any atom is -0.455 e. The molecule has 0 amide bonds. The van der Waals surface area contributed by atoms with Crippen LogP contribution in [0, 0.1) is 0 Å². The van der Waals surface area contributed by atoms with Gasteiger partial charge in [-0.15, -0.1) is 0 Å². The van der Waals surface area contributed by atoms with Gasteiger partial charge in [0.15, 0.2) is 0 Å². The zero-order valence-electron chi connectivity index (χ0n) is 46.1. The van der Waals surface area contributed by atoms with Crippen molar-refractivity contribution in [1.82, 2.24) is 0 Å². The molecule has 4 heteroatoms. The Labute approximate surface area is 490 Å². The second-order valence-corrected chi connectivity index (χ2v) is 22.6. The molecule has 2 aromatic heterocycles. The van der Waals surface area contributed by atoms with Gasteiger partial charge < -0.3 is 18.6 Å². The highest BCUT2D eigenvalue weighted by Gasteiger charge is 2.55. The fraction of sp³-hybridized carbons (Fsp3) is 0.0123. The largest absolute Gasteiger partial charge is 0.455 e. The van der Waals surface area contributed by atoms with Crippen molar-refractivity contribution in [2.24, 2.45) is 0 Å². The van der Waals surface area contributed by atoms with E-state index < -0.39 is 5.41 Å². The van der Waals surface area contributed by atoms with Gasteiger partial charge in [-0.1, -0.05) is 243 Å². The van der Waals surface area contributed by atoms with E-state index in [9.17, 15) is 0 Å². The van der Waals surface area contributed by atoms with Gasteiger partial charge in [-0.25, -0.2) is 0 Å². The second kappa shape index (κ2) is 18.4. The van der Waals surface area contributed by atoms with Crippen LogP contribution in [0.4, 0.5) is 34.1 Å². The standard InChI is InChI=1S/C81H50N2O2/c1-3-23-57-51(19-1)21-13-37-71(57)82(55-47-43-53(44-48-55)59-29-15-33-67-63-27-7-11-41-75(63)84-79(59)67)73-39-17-31-65-66-32-18-40-74(78(66)81(77(65)73)69-35-9-5-25-61(69)62-26-6-10-36-70(62)81)83(72-38-14-22-52-20-2-4-24-58(52)72)56-49-45-54(46-50-56)60-30-16-34-68-64-28-8-12-42-76(64)85-80(60)68/h1-50H. The molecule has 0 atom stereocenters. The van der Waals surface area contributed by atoms with Crippen LogP contribution in [-0.2, 0) is 5.41 Å². The minimum absolute atomic E-state index is 0.801. The lowest BCUT2D eigenvalue weighted by atomic mass is 9.69. The Kier molecular flexibility index (Phi) is 10.3. The summed E-state index contributed by atoms with van der Waals surface area (Å²) in [6.07, 6.45) is 0. The number of rotatable bonds is 8. The first-order chi connectivity index (χ1) is 42.2. The molecule has 16 aromatic rings. The molecular weight excluding hydrogens is 1030 g/mol. The average Bonchev–Trinajstić information content (AvgIpc) is 1.56. The Morgan fingerprint density at radius 2 is 0.565 bits per heavy atom. The molecule has 0 aliphatic heterocycles. The van der Waals surface area contributed by atoms with E-state index in [1.807, 2.05) is 12.1 Å². The first-order valence-corrected chi connectivity index (χ1v) is 29.2. The molecule has 0 saturated heterocycles. The Hall–Kier alpha value is -11.2. The van der Waals surface area contributed by atoms with Gasteiger partial charge in [0, 0.05) is 65.9 Å². The van der Waals surface area contributed by atoms with Crippen LogP contribution in [-0.4, -0.2) is 0 Å². The average molecular weight is 1080 g/mol. The van der Waals surface area contributed by atoms with Gasteiger partial charge in [-0.3, -0.25) is 0 Å². The third-order valence-corrected chi connectivity index (χ3v) is 18.3. The fourth-order valence-corrected chi connectivity index (χ4v) is 14.7. The normalized spacial score (nSPS) is 12.8. The van der Waals surface area contributed by atoms with Gasteiger partial charge in [0.2, 0.25) is 0 Å². The molecule has 2 heterocycles. The molecule has 0 N–H and O–H groups in total. The van der Waals surface area contributed by atoms with E-state index in [1.165, 1.54) is 66.1 Å². The molecular formula is C81H50N2O2. The van der Waals surface area contributed by atoms with Gasteiger partial charge in [0.25, 0.3) is 0 Å². The summed E-state index contributed by atoms with van der Waals surface area (Å²) in [4.78, 5) is 5.07. The van der Waals surface area contributed by atoms with Crippen molar-refractivity contribution < 1.29 is 8.83 Å². The van der Waals surface area contributed by atoms with Crippen LogP contribution in [0.25, 0.3) is 110 Å². The fourth-order valence-electron chi connectivity index (χ4n) is 14.7. The van der Waals surface area contributed by atoms with E-state index in [0.717, 1.165) is 100 Å². The maximum atomic E-state index is 6.63. The number of furan rings is 2. The summed E-state index contributed by atoms with van der Waals surface area (Å²) < 4.78 is 13.3. The first-order valence-electron chi connectivity index (χ1n) is 29.2. The highest BCUT2D eigenvalue weighted by Crippen LogP contribution is 2.68. The molecule has 2 aliphatic rings. The predicted octanol–water partition coefficient (Wildman–Crippen LogP) is 22.4. The monoisotopic (exact) mass is 1080 g/mol. The quantitative estimate of drug-likeness (QED) is 0.152. The summed E-state index contributed by atoms with van der Waals surface area (Å²) in [5.41, 5.74) is 23.5. The second-order valence-electron chi connectivity index (χ2n) is 22.6. The summed E-state index contributed by atoms with van der Waals surface area (Å²) in [5.74, 6) is 0. The number of fused-ring (bicyclic) bond motifs is 18. The van der Waals surface area contributed by atoms with Crippen molar-refractivity contribution in [3.8, 4) is 44.5 Å². The zero-order valence-corrected chi connectivity index (χ0v) is 46.1. The van der Waals surface area contributed by atoms with Gasteiger partial charge in [-0.05, 0) is 116 Å². The molecule has 4 nitrogen and oxygen atoms in total. The van der Waals surface area contributed by atoms with Crippen molar-refractivity contribution in [2.45, 2.75) is 5.41 Å². The zero-order chi connectivity index (χ0) is 55.7. The summed E-state index contributed by atoms with van der Waals surface area (Å²) in [7, 11) is 0. The van der Waals surface area contributed by atoms with E-state index in [4.69, 9.17) is 8.83 Å². The van der Waals surface area contributed by atoms with Crippen molar-refractivity contribution in [3.63, 3.8) is 0 Å². The summed E-state index contributed by atoms with van der Waals surface area (Å²) in [6.45, 7) is 0. The van der Waals surface area contributed by atoms with Crippen LogP contribution in [0.5, 0.6) is 0 Å². The van der Waals surface area contributed by atoms with Crippen LogP contribution in [0.1, 0.15) is 22.3 Å². The first kappa shape index (κ1) is 47.4. The van der Waals surface area contributed by atoms with Gasteiger partial charge in [0.05, 0.1) is 28.2 Å². The Morgan fingerprint density at radius 3 is 1.04 bits per heavy atom. The molecule has 0 saturated carbocycles. The van der Waals surface area contributed by atoms with E-state index in [1.54, 1.807) is 0 Å². The third-order valence-electron chi connectivity index (χ3n) is 18.3. The molecule has 2 aliphatic carbocycles. The number of anilines is 6. The molecule has 1 spiro atoms. The molecule has 14 aromatic carbocycles. The smallest absolute Gasteiger partial charge is 0.143 e. The minimum atomic E-state index is -0.801. The number of para-hydroxylation sites is 4. The Balaban J connectivity index is 0.893. The predicted molar refractivity (Wildman–Crippen MR) is 353 cm³/mol. The highest BCUT2D eigenvalue weighted by atomic mass is 16.3. The lowest BCUT2D eigenvalue weighted by Crippen LogP contribution is -2.30. The molecule has 0 bridgehead atoms. The number of nitrogens with zero attached hydrogens (tertiary/aromatic N) is 2. The van der Waals surface area contributed by atoms with E-state index >= 15 is 0 Å². The number of hydrogen-bond acceptors (Lipinski definition) is 4. The molecule has 0 radical (unpaired) electrons. The lowest BCUT2D eigenvalue weighted by Gasteiger charge is -2.38. The maximum Gasteiger partial charge on any atom is 0.143 e. The molecule has 85 heavy (non-hydrogen) atoms. The molecule has 0 fully saturated rings. The van der Waals surface area contributed by atoms with Crippen LogP contribution < -0.4 is 9.80 Å². The third kappa shape index (κ3) is 6.85. The lowest BCUT2D eigenvalue weighted by molar-refractivity contribution is 0.669. The molecule has 18 rings (SSSR count). The number of hydrogen-bond donors (Lipinski definition) is 0. The molecule has 0 unspecified atom stereocenters. The molecule has 396 valence electrons. The van der Waals surface area contributed by atoms with Gasteiger partial charge in [-0.2, -0.15) is 0 Å². The van der Waals surface area contributed by atoms with Crippen molar-refractivity contribution in [1.29, 1.82) is 0 Å².